The van der Waals surface area contributed by atoms with Gasteiger partial charge in [-0.2, -0.15) is 0 Å². The van der Waals surface area contributed by atoms with E-state index in [1.165, 1.54) is 0 Å². The number of benzene rings is 1. The fourth-order valence-electron chi connectivity index (χ4n) is 3.95. The Morgan fingerprint density at radius 3 is 2.93 bits per heavy atom. The molecule has 6 N–H and O–H groups in total. The van der Waals surface area contributed by atoms with Crippen LogP contribution in [0.15, 0.2) is 30.3 Å². The zero-order valence-corrected chi connectivity index (χ0v) is 15.7. The van der Waals surface area contributed by atoms with Crippen LogP contribution in [0.2, 0.25) is 0 Å². The number of nitrogens with two attached hydrogens (primary N) is 1. The maximum absolute atomic E-state index is 14.0. The molecule has 1 fully saturated rings. The van der Waals surface area contributed by atoms with E-state index in [1.807, 2.05) is 31.2 Å². The van der Waals surface area contributed by atoms with Crippen molar-refractivity contribution in [2.45, 2.75) is 57.0 Å². The summed E-state index contributed by atoms with van der Waals surface area (Å²) in [4.78, 5) is 4.57. The van der Waals surface area contributed by atoms with Crippen molar-refractivity contribution < 1.29 is 13.9 Å². The molecule has 1 aromatic heterocycles. The van der Waals surface area contributed by atoms with Crippen LogP contribution in [0.1, 0.15) is 42.2 Å². The van der Waals surface area contributed by atoms with E-state index >= 15 is 0 Å². The number of aromatic nitrogens is 1. The van der Waals surface area contributed by atoms with Crippen molar-refractivity contribution in [1.82, 2.24) is 10.3 Å². The van der Waals surface area contributed by atoms with Gasteiger partial charge in [-0.15, -0.1) is 0 Å². The number of nitrogens with one attached hydrogen (secondary N) is 3. The lowest BCUT2D eigenvalue weighted by Gasteiger charge is -2.36. The third-order valence-electron chi connectivity index (χ3n) is 5.46. The van der Waals surface area contributed by atoms with Crippen molar-refractivity contribution >= 4 is 17.3 Å². The summed E-state index contributed by atoms with van der Waals surface area (Å²) in [6.45, 7) is 2.46. The first-order chi connectivity index (χ1) is 13.3. The molecule has 0 saturated heterocycles. The van der Waals surface area contributed by atoms with E-state index in [9.17, 15) is 13.9 Å². The maximum atomic E-state index is 14.0. The van der Waals surface area contributed by atoms with Gasteiger partial charge in [0.05, 0.1) is 6.04 Å². The zero-order chi connectivity index (χ0) is 19.9. The van der Waals surface area contributed by atoms with Gasteiger partial charge >= 0.3 is 0 Å². The van der Waals surface area contributed by atoms with Gasteiger partial charge in [-0.1, -0.05) is 12.1 Å². The van der Waals surface area contributed by atoms with Gasteiger partial charge in [-0.05, 0) is 49.1 Å². The predicted molar refractivity (Wildman–Crippen MR) is 105 cm³/mol. The molecule has 2 heterocycles. The lowest BCUT2D eigenvalue weighted by atomic mass is 9.87. The number of rotatable bonds is 4. The second-order valence-electron chi connectivity index (χ2n) is 7.64. The summed E-state index contributed by atoms with van der Waals surface area (Å²) < 4.78 is 28.0. The summed E-state index contributed by atoms with van der Waals surface area (Å²) in [6.07, 6.45) is -0.0277. The molecule has 2 unspecified atom stereocenters. The molecule has 6 nitrogen and oxygen atoms in total. The molecule has 1 aromatic carbocycles. The zero-order valence-electron chi connectivity index (χ0n) is 15.7. The monoisotopic (exact) mass is 389 g/mol. The van der Waals surface area contributed by atoms with Gasteiger partial charge < -0.3 is 21.5 Å². The molecular weight excluding hydrogens is 364 g/mol. The van der Waals surface area contributed by atoms with E-state index in [2.05, 4.69) is 20.9 Å². The smallest absolute Gasteiger partial charge is 0.264 e. The molecule has 1 aliphatic heterocycles. The molecule has 4 rings (SSSR count). The van der Waals surface area contributed by atoms with E-state index in [4.69, 9.17) is 5.73 Å². The number of alkyl halides is 2. The van der Waals surface area contributed by atoms with Crippen LogP contribution in [0.5, 0.6) is 0 Å². The second kappa shape index (κ2) is 7.27. The van der Waals surface area contributed by atoms with Gasteiger partial charge in [-0.25, -0.2) is 13.8 Å². The second-order valence-corrected chi connectivity index (χ2v) is 7.64. The Morgan fingerprint density at radius 2 is 2.14 bits per heavy atom. The number of aliphatic hydroxyl groups is 1. The highest BCUT2D eigenvalue weighted by atomic mass is 19.3. The van der Waals surface area contributed by atoms with Crippen LogP contribution < -0.4 is 21.7 Å². The summed E-state index contributed by atoms with van der Waals surface area (Å²) in [5, 5.41) is 19.6. The number of halogens is 2. The molecule has 2 aromatic rings. The highest BCUT2D eigenvalue weighted by Crippen LogP contribution is 2.36. The molecule has 28 heavy (non-hydrogen) atoms. The quantitative estimate of drug-likeness (QED) is 0.551. The van der Waals surface area contributed by atoms with Gasteiger partial charge in [0.25, 0.3) is 5.92 Å². The summed E-state index contributed by atoms with van der Waals surface area (Å²) in [6, 6.07) is 7.78. The highest BCUT2D eigenvalue weighted by molar-refractivity contribution is 5.65. The largest absolute Gasteiger partial charge is 0.374 e. The van der Waals surface area contributed by atoms with E-state index < -0.39 is 24.2 Å². The van der Waals surface area contributed by atoms with Gasteiger partial charge in [0, 0.05) is 30.3 Å². The number of fused-ring (bicyclic) bond motifs is 1. The Bertz CT molecular complexity index is 876. The predicted octanol–water partition coefficient (Wildman–Crippen LogP) is 3.15. The molecule has 0 radical (unpaired) electrons. The van der Waals surface area contributed by atoms with E-state index in [-0.39, 0.29) is 6.42 Å². The standard InChI is InChI=1S/C20H25F2N5O/c1-11-4-2-5-13(8-11)25-18-16-12(10-24-19(16)28)9-15(27-18)26-14-6-3-7-20(21,22)17(14)23/h2,4-5,8-9,14,17,19,24,28H,3,6-7,10,23H2,1H3,(H2,25,26,27)/t14?,17-,19?/m1/s1. The van der Waals surface area contributed by atoms with Crippen molar-refractivity contribution in [3.05, 3.63) is 47.0 Å². The maximum Gasteiger partial charge on any atom is 0.264 e. The first-order valence-corrected chi connectivity index (χ1v) is 9.52. The Morgan fingerprint density at radius 1 is 1.32 bits per heavy atom. The average Bonchev–Trinajstić information content (AvgIpc) is 3.00. The van der Waals surface area contributed by atoms with Crippen molar-refractivity contribution in [3.8, 4) is 0 Å². The van der Waals surface area contributed by atoms with Crippen LogP contribution in [-0.4, -0.2) is 28.1 Å². The number of aliphatic hydroxyl groups excluding tert-OH is 1. The molecular formula is C20H25F2N5O. The molecule has 0 amide bonds. The van der Waals surface area contributed by atoms with Gasteiger partial charge in [0.1, 0.15) is 17.9 Å². The number of hydrogen-bond acceptors (Lipinski definition) is 6. The highest BCUT2D eigenvalue weighted by Gasteiger charge is 2.44. The first kappa shape index (κ1) is 19.0. The number of aryl methyl sites for hydroxylation is 1. The summed E-state index contributed by atoms with van der Waals surface area (Å²) >= 11 is 0. The van der Waals surface area contributed by atoms with Gasteiger partial charge in [-0.3, -0.25) is 5.32 Å². The molecule has 2 aliphatic rings. The van der Waals surface area contributed by atoms with Crippen LogP contribution in [0.4, 0.5) is 26.1 Å². The Labute approximate surface area is 162 Å². The fraction of sp³-hybridized carbons (Fsp3) is 0.450. The molecule has 8 heteroatoms. The van der Waals surface area contributed by atoms with Crippen LogP contribution in [-0.2, 0) is 6.54 Å². The minimum atomic E-state index is -2.88. The SMILES string of the molecule is Cc1cccc(Nc2nc(NC3CCCC(F)(F)[C@@H]3N)cc3c2C(O)NC3)c1. The summed E-state index contributed by atoms with van der Waals surface area (Å²) in [5.41, 5.74) is 9.28. The topological polar surface area (TPSA) is 95.2 Å². The minimum absolute atomic E-state index is 0.180. The molecule has 3 atom stereocenters. The number of hydrogen-bond donors (Lipinski definition) is 5. The van der Waals surface area contributed by atoms with E-state index in [0.29, 0.717) is 36.6 Å². The third-order valence-corrected chi connectivity index (χ3v) is 5.46. The van der Waals surface area contributed by atoms with Gasteiger partial charge in [0.15, 0.2) is 0 Å². The van der Waals surface area contributed by atoms with Crippen molar-refractivity contribution in [1.29, 1.82) is 0 Å². The van der Waals surface area contributed by atoms with Gasteiger partial charge in [0.2, 0.25) is 0 Å². The molecule has 0 spiro atoms. The van der Waals surface area contributed by atoms with E-state index in [0.717, 1.165) is 16.8 Å². The van der Waals surface area contributed by atoms with E-state index in [1.54, 1.807) is 6.07 Å². The van der Waals surface area contributed by atoms with Crippen LogP contribution in [0.3, 0.4) is 0 Å². The average molecular weight is 389 g/mol. The van der Waals surface area contributed by atoms with Crippen molar-refractivity contribution in [3.63, 3.8) is 0 Å². The van der Waals surface area contributed by atoms with Crippen LogP contribution in [0.25, 0.3) is 0 Å². The number of pyridine rings is 1. The number of anilines is 3. The normalized spacial score (nSPS) is 26.0. The molecule has 1 saturated carbocycles. The lowest BCUT2D eigenvalue weighted by Crippen LogP contribution is -2.55. The summed E-state index contributed by atoms with van der Waals surface area (Å²) in [7, 11) is 0. The molecule has 0 bridgehead atoms. The van der Waals surface area contributed by atoms with Crippen molar-refractivity contribution in [2.24, 2.45) is 5.73 Å². The third kappa shape index (κ3) is 3.67. The Balaban J connectivity index is 1.64. The number of nitrogens with zero attached hydrogens (tertiary/aromatic N) is 1. The molecule has 1 aliphatic carbocycles. The minimum Gasteiger partial charge on any atom is -0.374 e. The fourth-order valence-corrected chi connectivity index (χ4v) is 3.95. The van der Waals surface area contributed by atoms with Crippen LogP contribution >= 0.6 is 0 Å². The summed E-state index contributed by atoms with van der Waals surface area (Å²) in [5.74, 6) is -1.91. The molecule has 150 valence electrons. The first-order valence-electron chi connectivity index (χ1n) is 9.52. The van der Waals surface area contributed by atoms with Crippen LogP contribution in [0, 0.1) is 6.92 Å². The Kier molecular flexibility index (Phi) is 4.95. The Hall–Kier alpha value is -2.29. The lowest BCUT2D eigenvalue weighted by molar-refractivity contribution is -0.0554. The van der Waals surface area contributed by atoms with Crippen molar-refractivity contribution in [2.75, 3.05) is 10.6 Å².